The number of carbonyl (C=O) groups excluding carboxylic acids is 2. The third-order valence-corrected chi connectivity index (χ3v) is 3.33. The Morgan fingerprint density at radius 1 is 1.00 bits per heavy atom. The molecule has 0 aliphatic heterocycles. The minimum atomic E-state index is -1.02. The Labute approximate surface area is 148 Å². The number of aromatic carboxylic acids is 1. The van der Waals surface area contributed by atoms with Crippen molar-refractivity contribution >= 4 is 35.6 Å². The van der Waals surface area contributed by atoms with Crippen LogP contribution >= 0.6 is 11.6 Å². The molecule has 3 N–H and O–H groups in total. The first kappa shape index (κ1) is 18.2. The van der Waals surface area contributed by atoms with E-state index in [1.54, 1.807) is 36.4 Å². The Morgan fingerprint density at radius 2 is 1.60 bits per heavy atom. The van der Waals surface area contributed by atoms with Crippen LogP contribution in [0.25, 0.3) is 0 Å². The van der Waals surface area contributed by atoms with Crippen molar-refractivity contribution in [3.8, 4) is 0 Å². The highest BCUT2D eigenvalue weighted by atomic mass is 35.5. The number of carboxylic acids is 1. The molecule has 0 radical (unpaired) electrons. The second kappa shape index (κ2) is 8.60. The van der Waals surface area contributed by atoms with E-state index in [1.807, 2.05) is 0 Å². The Morgan fingerprint density at radius 3 is 2.20 bits per heavy atom. The van der Waals surface area contributed by atoms with E-state index in [0.29, 0.717) is 16.1 Å². The van der Waals surface area contributed by atoms with Gasteiger partial charge in [0.2, 0.25) is 0 Å². The maximum atomic E-state index is 11.8. The van der Waals surface area contributed by atoms with Gasteiger partial charge in [-0.05, 0) is 42.0 Å². The normalized spacial score (nSPS) is 10.4. The largest absolute Gasteiger partial charge is 0.478 e. The van der Waals surface area contributed by atoms with Crippen molar-refractivity contribution in [2.75, 3.05) is 6.54 Å². The minimum Gasteiger partial charge on any atom is -0.478 e. The molecule has 0 atom stereocenters. The lowest BCUT2D eigenvalue weighted by atomic mass is 10.1. The maximum Gasteiger partial charge on any atom is 0.335 e. The van der Waals surface area contributed by atoms with Gasteiger partial charge < -0.3 is 10.4 Å². The summed E-state index contributed by atoms with van der Waals surface area (Å²) in [5, 5.41) is 15.5. The van der Waals surface area contributed by atoms with Crippen molar-refractivity contribution in [1.82, 2.24) is 10.7 Å². The second-order valence-electron chi connectivity index (χ2n) is 4.91. The third-order valence-electron chi connectivity index (χ3n) is 3.08. The summed E-state index contributed by atoms with van der Waals surface area (Å²) in [6, 6.07) is 12.2. The summed E-state index contributed by atoms with van der Waals surface area (Å²) >= 11 is 5.73. The van der Waals surface area contributed by atoms with Crippen LogP contribution in [0.1, 0.15) is 26.3 Å². The lowest BCUT2D eigenvalue weighted by molar-refractivity contribution is -0.120. The lowest BCUT2D eigenvalue weighted by Gasteiger charge is -2.04. The van der Waals surface area contributed by atoms with Gasteiger partial charge in [-0.1, -0.05) is 23.7 Å². The predicted molar refractivity (Wildman–Crippen MR) is 92.9 cm³/mol. The van der Waals surface area contributed by atoms with E-state index in [1.165, 1.54) is 18.3 Å². The van der Waals surface area contributed by atoms with Crippen LogP contribution in [0.4, 0.5) is 0 Å². The number of carboxylic acid groups (broad SMARTS) is 1. The zero-order chi connectivity index (χ0) is 18.2. The molecule has 2 aromatic carbocycles. The molecule has 0 unspecified atom stereocenters. The molecule has 0 aliphatic carbocycles. The molecule has 2 rings (SSSR count). The molecule has 2 amide bonds. The van der Waals surface area contributed by atoms with E-state index in [9.17, 15) is 14.4 Å². The van der Waals surface area contributed by atoms with Crippen LogP contribution in [-0.4, -0.2) is 35.6 Å². The zero-order valence-electron chi connectivity index (χ0n) is 12.9. The molecule has 2 aromatic rings. The zero-order valence-corrected chi connectivity index (χ0v) is 13.7. The molecule has 7 nitrogen and oxygen atoms in total. The van der Waals surface area contributed by atoms with Gasteiger partial charge in [0, 0.05) is 10.6 Å². The highest BCUT2D eigenvalue weighted by molar-refractivity contribution is 6.30. The Hall–Kier alpha value is -3.19. The molecule has 8 heteroatoms. The van der Waals surface area contributed by atoms with E-state index in [-0.39, 0.29) is 12.1 Å². The fourth-order valence-electron chi connectivity index (χ4n) is 1.79. The van der Waals surface area contributed by atoms with Gasteiger partial charge in [-0.15, -0.1) is 0 Å². The number of hydrogen-bond acceptors (Lipinski definition) is 4. The van der Waals surface area contributed by atoms with Crippen molar-refractivity contribution in [2.45, 2.75) is 0 Å². The minimum absolute atomic E-state index is 0.158. The Kier molecular flexibility index (Phi) is 6.25. The van der Waals surface area contributed by atoms with E-state index in [0.717, 1.165) is 0 Å². The highest BCUT2D eigenvalue weighted by Gasteiger charge is 2.07. The van der Waals surface area contributed by atoms with Gasteiger partial charge in [-0.2, -0.15) is 5.10 Å². The van der Waals surface area contributed by atoms with Gasteiger partial charge >= 0.3 is 5.97 Å². The average Bonchev–Trinajstić information content (AvgIpc) is 2.60. The number of hydrazone groups is 1. The molecular formula is C17H14ClN3O4. The first-order valence-corrected chi connectivity index (χ1v) is 7.52. The number of hydrogen-bond donors (Lipinski definition) is 3. The molecular weight excluding hydrogens is 346 g/mol. The third kappa shape index (κ3) is 5.74. The monoisotopic (exact) mass is 359 g/mol. The SMILES string of the molecule is O=C(CNC(=O)c1ccc(Cl)cc1)N/N=C\c1ccc(C(=O)O)cc1. The Balaban J connectivity index is 1.79. The smallest absolute Gasteiger partial charge is 0.335 e. The lowest BCUT2D eigenvalue weighted by Crippen LogP contribution is -2.34. The van der Waals surface area contributed by atoms with Gasteiger partial charge in [-0.25, -0.2) is 10.2 Å². The van der Waals surface area contributed by atoms with Crippen molar-refractivity contribution in [1.29, 1.82) is 0 Å². The summed E-state index contributed by atoms with van der Waals surface area (Å²) in [7, 11) is 0. The fourth-order valence-corrected chi connectivity index (χ4v) is 1.92. The first-order chi connectivity index (χ1) is 12.0. The van der Waals surface area contributed by atoms with Crippen molar-refractivity contribution in [3.05, 3.63) is 70.2 Å². The van der Waals surface area contributed by atoms with Crippen LogP contribution in [0.2, 0.25) is 5.02 Å². The molecule has 0 bridgehead atoms. The van der Waals surface area contributed by atoms with Gasteiger partial charge in [-0.3, -0.25) is 9.59 Å². The molecule has 0 spiro atoms. The van der Waals surface area contributed by atoms with Gasteiger partial charge in [0.15, 0.2) is 0 Å². The average molecular weight is 360 g/mol. The fraction of sp³-hybridized carbons (Fsp3) is 0.0588. The highest BCUT2D eigenvalue weighted by Crippen LogP contribution is 2.09. The molecule has 0 aromatic heterocycles. The molecule has 0 fully saturated rings. The molecule has 25 heavy (non-hydrogen) atoms. The number of carbonyl (C=O) groups is 3. The number of halogens is 1. The molecule has 0 saturated carbocycles. The van der Waals surface area contributed by atoms with Crippen LogP contribution in [0.15, 0.2) is 53.6 Å². The molecule has 128 valence electrons. The molecule has 0 heterocycles. The van der Waals surface area contributed by atoms with E-state index >= 15 is 0 Å². The van der Waals surface area contributed by atoms with E-state index in [2.05, 4.69) is 15.8 Å². The molecule has 0 saturated heterocycles. The van der Waals surface area contributed by atoms with Crippen molar-refractivity contribution in [3.63, 3.8) is 0 Å². The van der Waals surface area contributed by atoms with Crippen molar-refractivity contribution in [2.24, 2.45) is 5.10 Å². The summed E-state index contributed by atoms with van der Waals surface area (Å²) in [6.07, 6.45) is 1.37. The van der Waals surface area contributed by atoms with E-state index < -0.39 is 17.8 Å². The summed E-state index contributed by atoms with van der Waals surface area (Å²) in [5.74, 6) is -1.92. The van der Waals surface area contributed by atoms with Gasteiger partial charge in [0.25, 0.3) is 11.8 Å². The number of rotatable bonds is 6. The summed E-state index contributed by atoms with van der Waals surface area (Å²) in [5.41, 5.74) is 3.43. The van der Waals surface area contributed by atoms with Crippen LogP contribution in [0.3, 0.4) is 0 Å². The van der Waals surface area contributed by atoms with Gasteiger partial charge in [0.05, 0.1) is 18.3 Å². The number of benzene rings is 2. The first-order valence-electron chi connectivity index (χ1n) is 7.15. The van der Waals surface area contributed by atoms with E-state index in [4.69, 9.17) is 16.7 Å². The van der Waals surface area contributed by atoms with Crippen LogP contribution < -0.4 is 10.7 Å². The summed E-state index contributed by atoms with van der Waals surface area (Å²) < 4.78 is 0. The van der Waals surface area contributed by atoms with Gasteiger partial charge in [0.1, 0.15) is 0 Å². The Bertz CT molecular complexity index is 802. The van der Waals surface area contributed by atoms with Crippen molar-refractivity contribution < 1.29 is 19.5 Å². The predicted octanol–water partition coefficient (Wildman–Crippen LogP) is 1.92. The second-order valence-corrected chi connectivity index (χ2v) is 5.35. The van der Waals surface area contributed by atoms with Crippen LogP contribution in [0, 0.1) is 0 Å². The van der Waals surface area contributed by atoms with Crippen LogP contribution in [-0.2, 0) is 4.79 Å². The van der Waals surface area contributed by atoms with Crippen LogP contribution in [0.5, 0.6) is 0 Å². The standard InChI is InChI=1S/C17H14ClN3O4/c18-14-7-5-12(6-8-14)16(23)19-10-15(22)21-20-9-11-1-3-13(4-2-11)17(24)25/h1-9H,10H2,(H,19,23)(H,21,22)(H,24,25)/b20-9-. The number of nitrogens with one attached hydrogen (secondary N) is 2. The maximum absolute atomic E-state index is 11.8. The topological polar surface area (TPSA) is 108 Å². The number of amides is 2. The summed E-state index contributed by atoms with van der Waals surface area (Å²) in [4.78, 5) is 34.2. The molecule has 0 aliphatic rings. The number of nitrogens with zero attached hydrogens (tertiary/aromatic N) is 1. The summed E-state index contributed by atoms with van der Waals surface area (Å²) in [6.45, 7) is -0.239. The quantitative estimate of drug-likeness (QED) is 0.541.